The molecule has 1 amide bonds. The number of pyridine rings is 1. The molecular weight excluding hydrogens is 356 g/mol. The lowest BCUT2D eigenvalue weighted by Gasteiger charge is -2.10. The van der Waals surface area contributed by atoms with E-state index in [-0.39, 0.29) is 23.4 Å². The number of primary amides is 1. The number of carbonyl (C=O) groups excluding carboxylic acids is 1. The number of nitrogens with zero attached hydrogens (tertiary/aromatic N) is 5. The van der Waals surface area contributed by atoms with Gasteiger partial charge in [0.1, 0.15) is 11.2 Å². The van der Waals surface area contributed by atoms with Crippen molar-refractivity contribution in [1.29, 1.82) is 0 Å². The van der Waals surface area contributed by atoms with E-state index in [1.165, 1.54) is 10.6 Å². The summed E-state index contributed by atoms with van der Waals surface area (Å²) in [6.45, 7) is 3.95. The maximum absolute atomic E-state index is 13.0. The van der Waals surface area contributed by atoms with Gasteiger partial charge in [-0.15, -0.1) is 0 Å². The van der Waals surface area contributed by atoms with Crippen molar-refractivity contribution < 1.29 is 4.79 Å². The fourth-order valence-electron chi connectivity index (χ4n) is 3.15. The molecule has 0 fully saturated rings. The van der Waals surface area contributed by atoms with Crippen LogP contribution in [0, 0.1) is 13.8 Å². The summed E-state index contributed by atoms with van der Waals surface area (Å²) in [6, 6.07) is 11.2. The Labute approximate surface area is 160 Å². The first-order valence-electron chi connectivity index (χ1n) is 8.72. The average molecular weight is 374 g/mol. The number of carbonyl (C=O) groups is 1. The van der Waals surface area contributed by atoms with Crippen molar-refractivity contribution in [2.24, 2.45) is 5.73 Å². The molecule has 0 aliphatic carbocycles. The monoisotopic (exact) mass is 374 g/mol. The molecule has 0 saturated heterocycles. The van der Waals surface area contributed by atoms with Gasteiger partial charge in [-0.3, -0.25) is 14.0 Å². The molecule has 0 aliphatic rings. The molecule has 8 nitrogen and oxygen atoms in total. The summed E-state index contributed by atoms with van der Waals surface area (Å²) in [6.07, 6.45) is 3.01. The van der Waals surface area contributed by atoms with Gasteiger partial charge in [0.15, 0.2) is 11.6 Å². The summed E-state index contributed by atoms with van der Waals surface area (Å²) >= 11 is 0. The van der Waals surface area contributed by atoms with Gasteiger partial charge in [0.2, 0.25) is 5.91 Å². The van der Waals surface area contributed by atoms with Gasteiger partial charge in [0.05, 0.1) is 12.1 Å². The van der Waals surface area contributed by atoms with Crippen LogP contribution in [0.15, 0.2) is 53.6 Å². The van der Waals surface area contributed by atoms with Crippen molar-refractivity contribution in [3.63, 3.8) is 0 Å². The largest absolute Gasteiger partial charge is 0.369 e. The van der Waals surface area contributed by atoms with Gasteiger partial charge in [-0.1, -0.05) is 23.8 Å². The van der Waals surface area contributed by atoms with Crippen molar-refractivity contribution >= 4 is 11.6 Å². The third-order valence-corrected chi connectivity index (χ3v) is 4.42. The van der Waals surface area contributed by atoms with Crippen molar-refractivity contribution in [2.45, 2.75) is 20.3 Å². The summed E-state index contributed by atoms with van der Waals surface area (Å²) in [5.41, 5.74) is 8.69. The predicted octanol–water partition coefficient (Wildman–Crippen LogP) is 1.59. The molecule has 3 heterocycles. The zero-order chi connectivity index (χ0) is 19.8. The number of hydrogen-bond donors (Lipinski definition) is 1. The molecular formula is C20H18N6O2. The number of rotatable bonds is 4. The molecule has 0 unspecified atom stereocenters. The van der Waals surface area contributed by atoms with Crippen molar-refractivity contribution in [3.8, 4) is 17.1 Å². The second-order valence-electron chi connectivity index (χ2n) is 6.60. The average Bonchev–Trinajstić information content (AvgIpc) is 3.04. The number of benzene rings is 1. The first-order chi connectivity index (χ1) is 13.4. The normalized spacial score (nSPS) is 11.1. The summed E-state index contributed by atoms with van der Waals surface area (Å²) < 4.78 is 3.02. The van der Waals surface area contributed by atoms with Crippen LogP contribution in [-0.4, -0.2) is 30.1 Å². The van der Waals surface area contributed by atoms with Crippen LogP contribution in [0.3, 0.4) is 0 Å². The Hall–Kier alpha value is -3.81. The number of fused-ring (bicyclic) bond motifs is 1. The zero-order valence-electron chi connectivity index (χ0n) is 15.5. The van der Waals surface area contributed by atoms with Crippen molar-refractivity contribution in [2.75, 3.05) is 0 Å². The molecule has 0 radical (unpaired) electrons. The van der Waals surface area contributed by atoms with Gasteiger partial charge in [-0.2, -0.15) is 5.10 Å². The Bertz CT molecular complexity index is 1270. The fraction of sp³-hybridized carbons (Fsp3) is 0.150. The minimum Gasteiger partial charge on any atom is -0.369 e. The summed E-state index contributed by atoms with van der Waals surface area (Å²) in [5.74, 6) is 0.0247. The lowest BCUT2D eigenvalue weighted by Crippen LogP contribution is -2.18. The zero-order valence-corrected chi connectivity index (χ0v) is 15.5. The Kier molecular flexibility index (Phi) is 4.23. The van der Waals surface area contributed by atoms with E-state index in [0.717, 1.165) is 16.8 Å². The maximum atomic E-state index is 13.0. The molecule has 0 saturated carbocycles. The van der Waals surface area contributed by atoms with Crippen molar-refractivity contribution in [1.82, 2.24) is 24.1 Å². The van der Waals surface area contributed by atoms with E-state index in [2.05, 4.69) is 15.1 Å². The summed E-state index contributed by atoms with van der Waals surface area (Å²) in [7, 11) is 0. The first-order valence-corrected chi connectivity index (χ1v) is 8.72. The second-order valence-corrected chi connectivity index (χ2v) is 6.60. The van der Waals surface area contributed by atoms with E-state index in [9.17, 15) is 9.59 Å². The molecule has 140 valence electrons. The molecule has 4 rings (SSSR count). The van der Waals surface area contributed by atoms with Gasteiger partial charge in [0.25, 0.3) is 5.56 Å². The lowest BCUT2D eigenvalue weighted by molar-refractivity contribution is -0.117. The number of amides is 1. The van der Waals surface area contributed by atoms with E-state index in [4.69, 9.17) is 5.73 Å². The third-order valence-electron chi connectivity index (χ3n) is 4.42. The van der Waals surface area contributed by atoms with Crippen molar-refractivity contribution in [3.05, 3.63) is 76.1 Å². The predicted molar refractivity (Wildman–Crippen MR) is 104 cm³/mol. The summed E-state index contributed by atoms with van der Waals surface area (Å²) in [4.78, 5) is 33.2. The van der Waals surface area contributed by atoms with Gasteiger partial charge in [0, 0.05) is 12.4 Å². The number of aromatic nitrogens is 5. The van der Waals surface area contributed by atoms with Crippen LogP contribution in [0.1, 0.15) is 17.0 Å². The Morgan fingerprint density at radius 3 is 2.75 bits per heavy atom. The van der Waals surface area contributed by atoms with E-state index in [0.29, 0.717) is 11.5 Å². The van der Waals surface area contributed by atoms with Gasteiger partial charge < -0.3 is 5.73 Å². The molecule has 0 bridgehead atoms. The fourth-order valence-corrected chi connectivity index (χ4v) is 3.15. The van der Waals surface area contributed by atoms with E-state index < -0.39 is 5.91 Å². The molecule has 8 heteroatoms. The van der Waals surface area contributed by atoms with Crippen LogP contribution in [0.4, 0.5) is 0 Å². The Balaban J connectivity index is 1.98. The van der Waals surface area contributed by atoms with Crippen LogP contribution in [0.25, 0.3) is 22.7 Å². The van der Waals surface area contributed by atoms with Crippen LogP contribution in [0.2, 0.25) is 0 Å². The van der Waals surface area contributed by atoms with Crippen LogP contribution >= 0.6 is 0 Å². The number of aryl methyl sites for hydroxylation is 2. The van der Waals surface area contributed by atoms with Gasteiger partial charge in [-0.25, -0.2) is 14.6 Å². The lowest BCUT2D eigenvalue weighted by atomic mass is 10.1. The van der Waals surface area contributed by atoms with E-state index in [1.807, 2.05) is 38.1 Å². The third kappa shape index (κ3) is 3.05. The maximum Gasteiger partial charge on any atom is 0.268 e. The standard InChI is InChI=1S/C20H18N6O2/c1-12-6-7-15(13(2)9-12)26-19(23-17(24-26)10-16(21)27)14-11-22-18-5-3-4-8-25(18)20(14)28/h3-9,11H,10H2,1-2H3,(H2,21,27). The molecule has 0 atom stereocenters. The molecule has 0 spiro atoms. The first kappa shape index (κ1) is 17.6. The Morgan fingerprint density at radius 1 is 1.18 bits per heavy atom. The Morgan fingerprint density at radius 2 is 2.00 bits per heavy atom. The highest BCUT2D eigenvalue weighted by Gasteiger charge is 2.19. The molecule has 4 aromatic rings. The van der Waals surface area contributed by atoms with Gasteiger partial charge in [-0.05, 0) is 37.6 Å². The summed E-state index contributed by atoms with van der Waals surface area (Å²) in [5, 5.41) is 4.44. The molecule has 28 heavy (non-hydrogen) atoms. The topological polar surface area (TPSA) is 108 Å². The quantitative estimate of drug-likeness (QED) is 0.583. The SMILES string of the molecule is Cc1ccc(-n2nc(CC(N)=O)nc2-c2cnc3ccccn3c2=O)c(C)c1. The van der Waals surface area contributed by atoms with E-state index >= 15 is 0 Å². The smallest absolute Gasteiger partial charge is 0.268 e. The highest BCUT2D eigenvalue weighted by Crippen LogP contribution is 2.22. The second kappa shape index (κ2) is 6.73. The number of hydrogen-bond acceptors (Lipinski definition) is 5. The highest BCUT2D eigenvalue weighted by molar-refractivity contribution is 5.76. The molecule has 1 aromatic carbocycles. The minimum atomic E-state index is -0.544. The molecule has 0 aliphatic heterocycles. The van der Waals surface area contributed by atoms with Gasteiger partial charge >= 0.3 is 0 Å². The minimum absolute atomic E-state index is 0.118. The number of nitrogens with two attached hydrogens (primary N) is 1. The van der Waals surface area contributed by atoms with Crippen LogP contribution < -0.4 is 11.3 Å². The molecule has 3 aromatic heterocycles. The van der Waals surface area contributed by atoms with Crippen LogP contribution in [-0.2, 0) is 11.2 Å². The van der Waals surface area contributed by atoms with E-state index in [1.54, 1.807) is 23.0 Å². The highest BCUT2D eigenvalue weighted by atomic mass is 16.1. The molecule has 2 N–H and O–H groups in total. The van der Waals surface area contributed by atoms with Crippen LogP contribution in [0.5, 0.6) is 0 Å².